The predicted octanol–water partition coefficient (Wildman–Crippen LogP) is 3.24. The molecule has 0 fully saturated rings. The third kappa shape index (κ3) is 7.55. The van der Waals surface area contributed by atoms with Gasteiger partial charge in [-0.3, -0.25) is 4.79 Å². The van der Waals surface area contributed by atoms with Gasteiger partial charge in [-0.15, -0.1) is 0 Å². The van der Waals surface area contributed by atoms with Crippen LogP contribution in [0.15, 0.2) is 0 Å². The maximum atomic E-state index is 10.9. The number of alkyl halides is 3. The summed E-state index contributed by atoms with van der Waals surface area (Å²) in [4.78, 5) is 10.9. The maximum Gasteiger partial charge on any atom is 0.309 e. The zero-order valence-electron chi connectivity index (χ0n) is 9.29. The van der Waals surface area contributed by atoms with Crippen molar-refractivity contribution in [3.8, 4) is 0 Å². The summed E-state index contributed by atoms with van der Waals surface area (Å²) in [6, 6.07) is 0. The van der Waals surface area contributed by atoms with E-state index in [0.29, 0.717) is 6.42 Å². The fraction of sp³-hybridized carbons (Fsp3) is 0.900. The first-order valence-corrected chi connectivity index (χ1v) is 6.24. The van der Waals surface area contributed by atoms with Crippen LogP contribution in [0.1, 0.15) is 33.1 Å². The molecule has 0 aliphatic heterocycles. The molecule has 96 valence electrons. The second-order valence-electron chi connectivity index (χ2n) is 4.30. The standard InChI is InChI=1S/C10H17Cl3O3/c1-6(2)5-7(9(15)16)8(14)3-4-10(11,12)13/h6-8,14H,3-5H2,1-2H3,(H,15,16)/t7-,8-/m0/s1. The number of aliphatic hydroxyl groups excluding tert-OH is 1. The molecule has 2 atom stereocenters. The number of carboxylic acids is 1. The summed E-state index contributed by atoms with van der Waals surface area (Å²) in [6.07, 6.45) is -0.257. The predicted molar refractivity (Wildman–Crippen MR) is 66.1 cm³/mol. The second-order valence-corrected chi connectivity index (χ2v) is 6.81. The van der Waals surface area contributed by atoms with Crippen molar-refractivity contribution < 1.29 is 15.0 Å². The highest BCUT2D eigenvalue weighted by Crippen LogP contribution is 2.33. The van der Waals surface area contributed by atoms with E-state index in [9.17, 15) is 9.90 Å². The van der Waals surface area contributed by atoms with E-state index in [2.05, 4.69) is 0 Å². The van der Waals surface area contributed by atoms with Crippen molar-refractivity contribution in [2.24, 2.45) is 11.8 Å². The van der Waals surface area contributed by atoms with Crippen molar-refractivity contribution in [2.75, 3.05) is 0 Å². The number of aliphatic hydroxyl groups is 1. The molecule has 0 spiro atoms. The van der Waals surface area contributed by atoms with Gasteiger partial charge in [-0.25, -0.2) is 0 Å². The van der Waals surface area contributed by atoms with E-state index in [0.717, 1.165) is 0 Å². The van der Waals surface area contributed by atoms with E-state index in [4.69, 9.17) is 39.9 Å². The molecule has 0 bridgehead atoms. The molecular weight excluding hydrogens is 274 g/mol. The highest BCUT2D eigenvalue weighted by atomic mass is 35.6. The lowest BCUT2D eigenvalue weighted by atomic mass is 9.90. The quantitative estimate of drug-likeness (QED) is 0.739. The lowest BCUT2D eigenvalue weighted by Gasteiger charge is -2.22. The third-order valence-electron chi connectivity index (χ3n) is 2.23. The molecule has 0 saturated heterocycles. The number of hydrogen-bond donors (Lipinski definition) is 2. The molecule has 0 amide bonds. The first kappa shape index (κ1) is 16.3. The number of hydrogen-bond acceptors (Lipinski definition) is 2. The molecule has 0 aromatic rings. The Labute approximate surface area is 111 Å². The maximum absolute atomic E-state index is 10.9. The summed E-state index contributed by atoms with van der Waals surface area (Å²) in [6.45, 7) is 3.80. The molecule has 0 saturated carbocycles. The van der Waals surface area contributed by atoms with Crippen LogP contribution in [0.3, 0.4) is 0 Å². The molecule has 3 nitrogen and oxygen atoms in total. The number of carboxylic acid groups (broad SMARTS) is 1. The first-order chi connectivity index (χ1) is 7.13. The van der Waals surface area contributed by atoms with Crippen LogP contribution in [0.4, 0.5) is 0 Å². The van der Waals surface area contributed by atoms with Crippen molar-refractivity contribution in [1.82, 2.24) is 0 Å². The van der Waals surface area contributed by atoms with Crippen molar-refractivity contribution in [3.05, 3.63) is 0 Å². The molecule has 0 aromatic heterocycles. The lowest BCUT2D eigenvalue weighted by Crippen LogP contribution is -2.30. The summed E-state index contributed by atoms with van der Waals surface area (Å²) in [5, 5.41) is 18.7. The molecule has 0 aliphatic rings. The monoisotopic (exact) mass is 290 g/mol. The van der Waals surface area contributed by atoms with Gasteiger partial charge in [0.15, 0.2) is 3.79 Å². The Bertz CT molecular complexity index is 226. The summed E-state index contributed by atoms with van der Waals surface area (Å²) < 4.78 is -1.44. The van der Waals surface area contributed by atoms with E-state index in [1.807, 2.05) is 13.8 Å². The normalized spacial score (nSPS) is 16.2. The fourth-order valence-corrected chi connectivity index (χ4v) is 1.77. The van der Waals surface area contributed by atoms with Gasteiger partial charge in [0.1, 0.15) is 0 Å². The molecule has 0 aromatic carbocycles. The molecule has 0 aliphatic carbocycles. The SMILES string of the molecule is CC(C)C[C@H](C(=O)O)[C@@H](O)CCC(Cl)(Cl)Cl. The Morgan fingerprint density at radius 3 is 2.12 bits per heavy atom. The Hall–Kier alpha value is 0.300. The van der Waals surface area contributed by atoms with Gasteiger partial charge in [0, 0.05) is 0 Å². The van der Waals surface area contributed by atoms with Crippen LogP contribution in [-0.4, -0.2) is 26.1 Å². The summed E-state index contributed by atoms with van der Waals surface area (Å²) in [7, 11) is 0. The van der Waals surface area contributed by atoms with Crippen LogP contribution in [0.5, 0.6) is 0 Å². The van der Waals surface area contributed by atoms with Crippen LogP contribution >= 0.6 is 34.8 Å². The van der Waals surface area contributed by atoms with Crippen molar-refractivity contribution in [1.29, 1.82) is 0 Å². The zero-order valence-corrected chi connectivity index (χ0v) is 11.6. The van der Waals surface area contributed by atoms with Gasteiger partial charge in [-0.2, -0.15) is 0 Å². The minimum atomic E-state index is -1.44. The number of halogens is 3. The summed E-state index contributed by atoms with van der Waals surface area (Å²) >= 11 is 16.6. The first-order valence-electron chi connectivity index (χ1n) is 5.11. The Kier molecular flexibility index (Phi) is 7.03. The molecule has 2 N–H and O–H groups in total. The molecule has 16 heavy (non-hydrogen) atoms. The Morgan fingerprint density at radius 2 is 1.81 bits per heavy atom. The highest BCUT2D eigenvalue weighted by molar-refractivity contribution is 6.67. The fourth-order valence-electron chi connectivity index (χ4n) is 1.44. The van der Waals surface area contributed by atoms with E-state index < -0.39 is 21.8 Å². The summed E-state index contributed by atoms with van der Waals surface area (Å²) in [5.74, 6) is -1.61. The van der Waals surface area contributed by atoms with E-state index in [1.54, 1.807) is 0 Å². The van der Waals surface area contributed by atoms with E-state index >= 15 is 0 Å². The molecule has 0 unspecified atom stereocenters. The average Bonchev–Trinajstić information content (AvgIpc) is 2.08. The zero-order chi connectivity index (χ0) is 12.9. The number of rotatable bonds is 6. The van der Waals surface area contributed by atoms with Gasteiger partial charge in [-0.1, -0.05) is 48.7 Å². The Balaban J connectivity index is 4.28. The van der Waals surface area contributed by atoms with Crippen LogP contribution in [0.2, 0.25) is 0 Å². The van der Waals surface area contributed by atoms with Crippen LogP contribution in [-0.2, 0) is 4.79 Å². The summed E-state index contributed by atoms with van der Waals surface area (Å²) in [5.41, 5.74) is 0. The molecule has 6 heteroatoms. The van der Waals surface area contributed by atoms with Crippen LogP contribution in [0.25, 0.3) is 0 Å². The largest absolute Gasteiger partial charge is 0.481 e. The van der Waals surface area contributed by atoms with Crippen LogP contribution < -0.4 is 0 Å². The minimum absolute atomic E-state index is 0.140. The lowest BCUT2D eigenvalue weighted by molar-refractivity contribution is -0.146. The minimum Gasteiger partial charge on any atom is -0.481 e. The van der Waals surface area contributed by atoms with Crippen molar-refractivity contribution in [3.63, 3.8) is 0 Å². The van der Waals surface area contributed by atoms with Gasteiger partial charge in [-0.05, 0) is 25.2 Å². The molecule has 0 heterocycles. The van der Waals surface area contributed by atoms with E-state index in [1.165, 1.54) is 0 Å². The van der Waals surface area contributed by atoms with Gasteiger partial charge < -0.3 is 10.2 Å². The van der Waals surface area contributed by atoms with Gasteiger partial charge in [0.05, 0.1) is 12.0 Å². The topological polar surface area (TPSA) is 57.5 Å². The van der Waals surface area contributed by atoms with E-state index in [-0.39, 0.29) is 18.8 Å². The Morgan fingerprint density at radius 1 is 1.31 bits per heavy atom. The highest BCUT2D eigenvalue weighted by Gasteiger charge is 2.30. The van der Waals surface area contributed by atoms with Crippen molar-refractivity contribution in [2.45, 2.75) is 43.0 Å². The third-order valence-corrected chi connectivity index (χ3v) is 2.80. The van der Waals surface area contributed by atoms with Gasteiger partial charge >= 0.3 is 5.97 Å². The van der Waals surface area contributed by atoms with Crippen LogP contribution in [0, 0.1) is 11.8 Å². The molecule has 0 rings (SSSR count). The van der Waals surface area contributed by atoms with Gasteiger partial charge in [0.25, 0.3) is 0 Å². The average molecular weight is 292 g/mol. The number of aliphatic carboxylic acids is 1. The smallest absolute Gasteiger partial charge is 0.309 e. The molecule has 0 radical (unpaired) electrons. The van der Waals surface area contributed by atoms with Crippen molar-refractivity contribution >= 4 is 40.8 Å². The number of carbonyl (C=O) groups is 1. The second kappa shape index (κ2) is 6.90. The molecular formula is C10H17Cl3O3. The van der Waals surface area contributed by atoms with Gasteiger partial charge in [0.2, 0.25) is 0 Å².